The van der Waals surface area contributed by atoms with Gasteiger partial charge in [0.1, 0.15) is 0 Å². The Kier molecular flexibility index (Phi) is 2.87. The molecule has 13 heavy (non-hydrogen) atoms. The molecule has 0 amide bonds. The quantitative estimate of drug-likeness (QED) is 0.748. The Hall–Kier alpha value is -0.290. The largest absolute Gasteiger partial charge is 0.415 e. The molecule has 1 N–H and O–H groups in total. The monoisotopic (exact) mass is 198 g/mol. The van der Waals surface area contributed by atoms with Gasteiger partial charge < -0.3 is 9.84 Å². The normalized spacial score (nSPS) is 23.8. The van der Waals surface area contributed by atoms with E-state index in [1.165, 1.54) is 0 Å². The second kappa shape index (κ2) is 3.46. The number of methoxy groups -OCH3 is 1. The molecule has 0 aromatic carbocycles. The van der Waals surface area contributed by atoms with Crippen molar-refractivity contribution in [1.29, 1.82) is 0 Å². The Morgan fingerprint density at radius 2 is 2.00 bits per heavy atom. The number of hydrogen-bond donors (Lipinski definition) is 1. The van der Waals surface area contributed by atoms with Crippen LogP contribution in [0.1, 0.15) is 19.3 Å². The minimum atomic E-state index is -4.38. The van der Waals surface area contributed by atoms with Crippen molar-refractivity contribution in [3.63, 3.8) is 0 Å². The molecule has 1 fully saturated rings. The molecule has 1 rings (SSSR count). The van der Waals surface area contributed by atoms with E-state index >= 15 is 0 Å². The molecule has 0 radical (unpaired) electrons. The molecule has 1 atom stereocenters. The van der Waals surface area contributed by atoms with Crippen LogP contribution in [-0.2, 0) is 4.74 Å². The number of hydrogen-bond acceptors (Lipinski definition) is 2. The lowest BCUT2D eigenvalue weighted by Gasteiger charge is -2.45. The minimum Gasteiger partial charge on any atom is -0.396 e. The van der Waals surface area contributed by atoms with Gasteiger partial charge in [-0.1, -0.05) is 6.42 Å². The third kappa shape index (κ3) is 1.81. The molecule has 0 heterocycles. The maximum Gasteiger partial charge on any atom is 0.415 e. The van der Waals surface area contributed by atoms with Crippen LogP contribution in [0.4, 0.5) is 13.2 Å². The molecule has 0 saturated heterocycles. The van der Waals surface area contributed by atoms with Crippen LogP contribution in [0.5, 0.6) is 0 Å². The highest BCUT2D eigenvalue weighted by Crippen LogP contribution is 2.49. The number of rotatable bonds is 3. The Morgan fingerprint density at radius 1 is 1.46 bits per heavy atom. The molecule has 0 spiro atoms. The zero-order valence-electron chi connectivity index (χ0n) is 7.40. The summed E-state index contributed by atoms with van der Waals surface area (Å²) in [4.78, 5) is 0. The molecule has 2 nitrogen and oxygen atoms in total. The van der Waals surface area contributed by atoms with Crippen molar-refractivity contribution in [3.8, 4) is 0 Å². The van der Waals surface area contributed by atoms with Crippen molar-refractivity contribution in [2.45, 2.75) is 31.5 Å². The van der Waals surface area contributed by atoms with Gasteiger partial charge in [-0.3, -0.25) is 0 Å². The minimum absolute atomic E-state index is 0.390. The highest BCUT2D eigenvalue weighted by Gasteiger charge is 2.56. The summed E-state index contributed by atoms with van der Waals surface area (Å²) in [6.07, 6.45) is -4.68. The van der Waals surface area contributed by atoms with E-state index in [4.69, 9.17) is 5.11 Å². The molecule has 1 aliphatic carbocycles. The topological polar surface area (TPSA) is 29.5 Å². The summed E-state index contributed by atoms with van der Waals surface area (Å²) in [6.45, 7) is -0.453. The molecule has 0 aromatic heterocycles. The predicted molar refractivity (Wildman–Crippen MR) is 40.2 cm³/mol. The summed E-state index contributed by atoms with van der Waals surface area (Å²) in [5, 5.41) is 8.92. The van der Waals surface area contributed by atoms with Crippen molar-refractivity contribution in [2.75, 3.05) is 13.7 Å². The smallest absolute Gasteiger partial charge is 0.396 e. The lowest BCUT2D eigenvalue weighted by Crippen LogP contribution is -2.52. The standard InChI is InChI=1S/C8H13F3O2/c1-13-6(8(9,10)11)7(5-12)3-2-4-7/h6,12H,2-5H2,1H3. The molecule has 0 aromatic rings. The summed E-state index contributed by atoms with van der Waals surface area (Å²) >= 11 is 0. The van der Waals surface area contributed by atoms with Gasteiger partial charge in [0.2, 0.25) is 0 Å². The number of ether oxygens (including phenoxy) is 1. The Bertz CT molecular complexity index is 169. The van der Waals surface area contributed by atoms with E-state index in [1.807, 2.05) is 0 Å². The fourth-order valence-corrected chi connectivity index (χ4v) is 1.86. The zero-order valence-corrected chi connectivity index (χ0v) is 7.40. The van der Waals surface area contributed by atoms with E-state index < -0.39 is 24.3 Å². The van der Waals surface area contributed by atoms with Gasteiger partial charge in [0.05, 0.1) is 6.61 Å². The molecular weight excluding hydrogens is 185 g/mol. The van der Waals surface area contributed by atoms with E-state index in [2.05, 4.69) is 4.74 Å². The highest BCUT2D eigenvalue weighted by molar-refractivity contribution is 4.97. The number of aliphatic hydroxyl groups is 1. The number of aliphatic hydroxyl groups excluding tert-OH is 1. The summed E-state index contributed by atoms with van der Waals surface area (Å²) in [6, 6.07) is 0. The first kappa shape index (κ1) is 10.8. The molecular formula is C8H13F3O2. The van der Waals surface area contributed by atoms with Gasteiger partial charge in [-0.2, -0.15) is 13.2 Å². The van der Waals surface area contributed by atoms with Gasteiger partial charge in [0.25, 0.3) is 0 Å². The molecule has 1 saturated carbocycles. The van der Waals surface area contributed by atoms with Gasteiger partial charge in [0, 0.05) is 12.5 Å². The zero-order chi connectivity index (χ0) is 10.1. The lowest BCUT2D eigenvalue weighted by molar-refractivity contribution is -0.267. The molecule has 0 aliphatic heterocycles. The summed E-state index contributed by atoms with van der Waals surface area (Å²) < 4.78 is 41.6. The third-order valence-corrected chi connectivity index (χ3v) is 2.75. The van der Waals surface area contributed by atoms with Crippen LogP contribution < -0.4 is 0 Å². The van der Waals surface area contributed by atoms with Crippen LogP contribution in [0.15, 0.2) is 0 Å². The van der Waals surface area contributed by atoms with E-state index in [0.717, 1.165) is 13.5 Å². The molecule has 1 aliphatic rings. The van der Waals surface area contributed by atoms with Crippen molar-refractivity contribution >= 4 is 0 Å². The SMILES string of the molecule is COC(C(F)(F)F)C1(CO)CCC1. The van der Waals surface area contributed by atoms with E-state index in [9.17, 15) is 13.2 Å². The predicted octanol–water partition coefficient (Wildman–Crippen LogP) is 1.73. The van der Waals surface area contributed by atoms with Crippen LogP contribution in [0, 0.1) is 5.41 Å². The average molecular weight is 198 g/mol. The van der Waals surface area contributed by atoms with Crippen LogP contribution >= 0.6 is 0 Å². The van der Waals surface area contributed by atoms with Crippen molar-refractivity contribution < 1.29 is 23.0 Å². The van der Waals surface area contributed by atoms with E-state index in [0.29, 0.717) is 12.8 Å². The highest BCUT2D eigenvalue weighted by atomic mass is 19.4. The van der Waals surface area contributed by atoms with Gasteiger partial charge in [-0.15, -0.1) is 0 Å². The van der Waals surface area contributed by atoms with E-state index in [1.54, 1.807) is 0 Å². The van der Waals surface area contributed by atoms with Crippen LogP contribution in [0.3, 0.4) is 0 Å². The Morgan fingerprint density at radius 3 is 2.08 bits per heavy atom. The Balaban J connectivity index is 2.75. The lowest BCUT2D eigenvalue weighted by atomic mass is 9.65. The van der Waals surface area contributed by atoms with Gasteiger partial charge in [-0.05, 0) is 12.8 Å². The first-order chi connectivity index (χ1) is 5.96. The summed E-state index contributed by atoms with van der Waals surface area (Å²) in [7, 11) is 1.04. The fraction of sp³-hybridized carbons (Fsp3) is 1.00. The van der Waals surface area contributed by atoms with Crippen molar-refractivity contribution in [1.82, 2.24) is 0 Å². The van der Waals surface area contributed by atoms with Gasteiger partial charge >= 0.3 is 6.18 Å². The number of alkyl halides is 3. The molecule has 0 bridgehead atoms. The van der Waals surface area contributed by atoms with Gasteiger partial charge in [-0.25, -0.2) is 0 Å². The molecule has 5 heteroatoms. The van der Waals surface area contributed by atoms with Gasteiger partial charge in [0.15, 0.2) is 6.10 Å². The summed E-state index contributed by atoms with van der Waals surface area (Å²) in [5.74, 6) is 0. The Labute approximate surface area is 74.7 Å². The number of halogens is 3. The van der Waals surface area contributed by atoms with Crippen molar-refractivity contribution in [2.24, 2.45) is 5.41 Å². The maximum absolute atomic E-state index is 12.4. The van der Waals surface area contributed by atoms with Crippen molar-refractivity contribution in [3.05, 3.63) is 0 Å². The van der Waals surface area contributed by atoms with E-state index in [-0.39, 0.29) is 0 Å². The maximum atomic E-state index is 12.4. The van der Waals surface area contributed by atoms with Crippen LogP contribution in [0.25, 0.3) is 0 Å². The average Bonchev–Trinajstić information content (AvgIpc) is 1.93. The van der Waals surface area contributed by atoms with Crippen LogP contribution in [-0.4, -0.2) is 31.1 Å². The fourth-order valence-electron chi connectivity index (χ4n) is 1.86. The second-order valence-electron chi connectivity index (χ2n) is 3.53. The molecule has 78 valence electrons. The molecule has 1 unspecified atom stereocenters. The van der Waals surface area contributed by atoms with Crippen LogP contribution in [0.2, 0.25) is 0 Å². The first-order valence-electron chi connectivity index (χ1n) is 4.17. The second-order valence-corrected chi connectivity index (χ2v) is 3.53. The third-order valence-electron chi connectivity index (χ3n) is 2.75. The summed E-state index contributed by atoms with van der Waals surface area (Å²) in [5.41, 5.74) is -1.08. The first-order valence-corrected chi connectivity index (χ1v) is 4.17.